The maximum absolute atomic E-state index is 12.6. The number of hydrogen-bond donors (Lipinski definition) is 0. The summed E-state index contributed by atoms with van der Waals surface area (Å²) in [5, 5.41) is 0. The lowest BCUT2D eigenvalue weighted by molar-refractivity contribution is 0.0747. The summed E-state index contributed by atoms with van der Waals surface area (Å²) < 4.78 is 23.3. The van der Waals surface area contributed by atoms with Crippen LogP contribution >= 0.6 is 0 Å². The van der Waals surface area contributed by atoms with Gasteiger partial charge in [-0.3, -0.25) is 4.79 Å². The van der Waals surface area contributed by atoms with Crippen molar-refractivity contribution in [1.82, 2.24) is 14.9 Å². The van der Waals surface area contributed by atoms with Crippen molar-refractivity contribution in [1.29, 1.82) is 0 Å². The van der Waals surface area contributed by atoms with Gasteiger partial charge >= 0.3 is 0 Å². The van der Waals surface area contributed by atoms with Gasteiger partial charge in [-0.1, -0.05) is 24.3 Å². The summed E-state index contributed by atoms with van der Waals surface area (Å²) in [5.74, 6) is 0.530. The van der Waals surface area contributed by atoms with Crippen LogP contribution in [0.5, 0.6) is 0 Å². The average Bonchev–Trinajstić information content (AvgIpc) is 3.06. The van der Waals surface area contributed by atoms with Gasteiger partial charge < -0.3 is 9.80 Å². The van der Waals surface area contributed by atoms with Gasteiger partial charge in [-0.15, -0.1) is 0 Å². The molecule has 1 unspecified atom stereocenters. The predicted molar refractivity (Wildman–Crippen MR) is 102 cm³/mol. The zero-order chi connectivity index (χ0) is 19.0. The molecule has 1 fully saturated rings. The Morgan fingerprint density at radius 3 is 2.56 bits per heavy atom. The first-order valence-electron chi connectivity index (χ1n) is 9.04. The first-order chi connectivity index (χ1) is 12.9. The number of carbonyl (C=O) groups is 1. The molecule has 27 heavy (non-hydrogen) atoms. The minimum atomic E-state index is -3.03. The molecule has 0 aliphatic carbocycles. The Bertz CT molecular complexity index is 959. The van der Waals surface area contributed by atoms with E-state index < -0.39 is 9.84 Å². The number of hydrogen-bond acceptors (Lipinski definition) is 6. The van der Waals surface area contributed by atoms with Crippen LogP contribution in [0.25, 0.3) is 0 Å². The van der Waals surface area contributed by atoms with Crippen LogP contribution in [0.4, 0.5) is 5.95 Å². The lowest BCUT2D eigenvalue weighted by Crippen LogP contribution is -2.38. The molecule has 1 aromatic carbocycles. The van der Waals surface area contributed by atoms with Gasteiger partial charge in [0, 0.05) is 38.6 Å². The lowest BCUT2D eigenvalue weighted by atomic mass is 10.0. The number of sulfone groups is 1. The SMILES string of the molecule is CN(C(=O)c1cnc(N2CCc3ccccc3C2)nc1)C1CCS(=O)(=O)C1. The number of aromatic nitrogens is 2. The highest BCUT2D eigenvalue weighted by atomic mass is 32.2. The van der Waals surface area contributed by atoms with Gasteiger partial charge in [0.05, 0.1) is 17.1 Å². The number of rotatable bonds is 3. The van der Waals surface area contributed by atoms with E-state index in [1.807, 2.05) is 6.07 Å². The van der Waals surface area contributed by atoms with Gasteiger partial charge in [-0.05, 0) is 24.0 Å². The second kappa shape index (κ2) is 6.92. The summed E-state index contributed by atoms with van der Waals surface area (Å²) in [7, 11) is -1.39. The summed E-state index contributed by atoms with van der Waals surface area (Å²) in [6, 6.07) is 8.07. The quantitative estimate of drug-likeness (QED) is 0.791. The molecule has 0 saturated carbocycles. The van der Waals surface area contributed by atoms with Gasteiger partial charge in [0.15, 0.2) is 9.84 Å². The van der Waals surface area contributed by atoms with Crippen LogP contribution < -0.4 is 4.90 Å². The maximum Gasteiger partial charge on any atom is 0.257 e. The minimum Gasteiger partial charge on any atom is -0.338 e. The number of fused-ring (bicyclic) bond motifs is 1. The molecule has 0 radical (unpaired) electrons. The average molecular weight is 386 g/mol. The van der Waals surface area contributed by atoms with Crippen molar-refractivity contribution in [2.24, 2.45) is 0 Å². The van der Waals surface area contributed by atoms with Gasteiger partial charge in [-0.2, -0.15) is 0 Å². The van der Waals surface area contributed by atoms with Crippen molar-refractivity contribution in [3.63, 3.8) is 0 Å². The zero-order valence-electron chi connectivity index (χ0n) is 15.2. The summed E-state index contributed by atoms with van der Waals surface area (Å²) in [6.07, 6.45) is 4.49. The van der Waals surface area contributed by atoms with E-state index in [0.29, 0.717) is 17.9 Å². The van der Waals surface area contributed by atoms with Crippen LogP contribution in [-0.4, -0.2) is 60.3 Å². The molecular weight excluding hydrogens is 364 g/mol. The molecule has 2 aliphatic rings. The van der Waals surface area contributed by atoms with E-state index in [1.54, 1.807) is 7.05 Å². The molecule has 8 heteroatoms. The zero-order valence-corrected chi connectivity index (χ0v) is 16.0. The van der Waals surface area contributed by atoms with E-state index in [9.17, 15) is 13.2 Å². The van der Waals surface area contributed by atoms with Crippen LogP contribution in [-0.2, 0) is 22.8 Å². The highest BCUT2D eigenvalue weighted by molar-refractivity contribution is 7.91. The van der Waals surface area contributed by atoms with Crippen molar-refractivity contribution < 1.29 is 13.2 Å². The molecule has 3 heterocycles. The highest BCUT2D eigenvalue weighted by Crippen LogP contribution is 2.22. The van der Waals surface area contributed by atoms with E-state index in [-0.39, 0.29) is 23.5 Å². The first kappa shape index (κ1) is 17.9. The smallest absolute Gasteiger partial charge is 0.257 e. The third kappa shape index (κ3) is 3.66. The molecule has 2 aromatic rings. The summed E-state index contributed by atoms with van der Waals surface area (Å²) >= 11 is 0. The van der Waals surface area contributed by atoms with E-state index in [2.05, 4.69) is 33.1 Å². The van der Waals surface area contributed by atoms with Crippen LogP contribution in [0, 0.1) is 0 Å². The van der Waals surface area contributed by atoms with E-state index in [0.717, 1.165) is 19.5 Å². The van der Waals surface area contributed by atoms with E-state index >= 15 is 0 Å². The second-order valence-corrected chi connectivity index (χ2v) is 9.41. The molecule has 1 aromatic heterocycles. The van der Waals surface area contributed by atoms with Crippen LogP contribution in [0.1, 0.15) is 27.9 Å². The molecule has 0 spiro atoms. The fourth-order valence-electron chi connectivity index (χ4n) is 3.71. The molecular formula is C19H22N4O3S. The molecule has 0 bridgehead atoms. The molecule has 1 atom stereocenters. The largest absolute Gasteiger partial charge is 0.338 e. The topological polar surface area (TPSA) is 83.5 Å². The minimum absolute atomic E-state index is 0.0291. The maximum atomic E-state index is 12.6. The Balaban J connectivity index is 1.45. The molecule has 0 N–H and O–H groups in total. The fraction of sp³-hybridized carbons (Fsp3) is 0.421. The van der Waals surface area contributed by atoms with Crippen molar-refractivity contribution >= 4 is 21.7 Å². The van der Waals surface area contributed by atoms with Gasteiger partial charge in [0.2, 0.25) is 5.95 Å². The molecule has 2 aliphatic heterocycles. The summed E-state index contributed by atoms with van der Waals surface area (Å²) in [5.41, 5.74) is 3.01. The highest BCUT2D eigenvalue weighted by Gasteiger charge is 2.33. The molecule has 142 valence electrons. The molecule has 4 rings (SSSR count). The number of anilines is 1. The van der Waals surface area contributed by atoms with Crippen LogP contribution in [0.2, 0.25) is 0 Å². The Morgan fingerprint density at radius 2 is 1.89 bits per heavy atom. The molecule has 1 amide bonds. The third-order valence-electron chi connectivity index (χ3n) is 5.38. The van der Waals surface area contributed by atoms with Gasteiger partial charge in [-0.25, -0.2) is 18.4 Å². The van der Waals surface area contributed by atoms with Crippen molar-refractivity contribution in [2.75, 3.05) is 30.0 Å². The Kier molecular flexibility index (Phi) is 4.59. The van der Waals surface area contributed by atoms with Crippen molar-refractivity contribution in [2.45, 2.75) is 25.4 Å². The van der Waals surface area contributed by atoms with E-state index in [4.69, 9.17) is 0 Å². The number of benzene rings is 1. The standard InChI is InChI=1S/C19H22N4O3S/c1-22(17-7-9-27(25,26)13-17)18(24)16-10-20-19(21-11-16)23-8-6-14-4-2-3-5-15(14)12-23/h2-5,10-11,17H,6-9,12-13H2,1H3. The van der Waals surface area contributed by atoms with Crippen molar-refractivity contribution in [3.05, 3.63) is 53.3 Å². The monoisotopic (exact) mass is 386 g/mol. The third-order valence-corrected chi connectivity index (χ3v) is 7.13. The predicted octanol–water partition coefficient (Wildman–Crippen LogP) is 1.30. The second-order valence-electron chi connectivity index (χ2n) is 7.18. The normalized spacial score (nSPS) is 20.9. The van der Waals surface area contributed by atoms with Crippen LogP contribution in [0.15, 0.2) is 36.7 Å². The van der Waals surface area contributed by atoms with Gasteiger partial charge in [0.25, 0.3) is 5.91 Å². The lowest BCUT2D eigenvalue weighted by Gasteiger charge is -2.29. The van der Waals surface area contributed by atoms with Crippen molar-refractivity contribution in [3.8, 4) is 0 Å². The molecule has 1 saturated heterocycles. The summed E-state index contributed by atoms with van der Waals surface area (Å²) in [4.78, 5) is 25.0. The molecule has 7 nitrogen and oxygen atoms in total. The number of nitrogens with zero attached hydrogens (tertiary/aromatic N) is 4. The van der Waals surface area contributed by atoms with Gasteiger partial charge in [0.1, 0.15) is 0 Å². The number of amides is 1. The summed E-state index contributed by atoms with van der Waals surface area (Å²) in [6.45, 7) is 1.59. The Labute approximate surface area is 159 Å². The van der Waals surface area contributed by atoms with E-state index in [1.165, 1.54) is 28.4 Å². The van der Waals surface area contributed by atoms with Crippen LogP contribution in [0.3, 0.4) is 0 Å². The Hall–Kier alpha value is -2.48. The Morgan fingerprint density at radius 1 is 1.19 bits per heavy atom. The fourth-order valence-corrected chi connectivity index (χ4v) is 5.49. The number of carbonyl (C=O) groups excluding carboxylic acids is 1. The first-order valence-corrected chi connectivity index (χ1v) is 10.9.